The Hall–Kier alpha value is -2.94. The molecule has 0 atom stereocenters. The van der Waals surface area contributed by atoms with Gasteiger partial charge in [-0.15, -0.1) is 0 Å². The summed E-state index contributed by atoms with van der Waals surface area (Å²) in [7, 11) is 0. The molecule has 26 heavy (non-hydrogen) atoms. The molecule has 3 heteroatoms. The Morgan fingerprint density at radius 3 is 2.15 bits per heavy atom. The molecule has 0 bridgehead atoms. The molecule has 0 radical (unpaired) electrons. The quantitative estimate of drug-likeness (QED) is 0.535. The Morgan fingerprint density at radius 1 is 0.692 bits per heavy atom. The van der Waals surface area contributed by atoms with E-state index in [0.717, 1.165) is 24.5 Å². The summed E-state index contributed by atoms with van der Waals surface area (Å²) >= 11 is 0. The fourth-order valence-corrected chi connectivity index (χ4v) is 2.81. The Kier molecular flexibility index (Phi) is 6.15. The number of benzene rings is 3. The van der Waals surface area contributed by atoms with Crippen LogP contribution in [0.3, 0.4) is 0 Å². The van der Waals surface area contributed by atoms with Crippen molar-refractivity contribution < 1.29 is 4.74 Å². The Morgan fingerprint density at radius 2 is 1.35 bits per heavy atom. The Labute approximate surface area is 156 Å². The summed E-state index contributed by atoms with van der Waals surface area (Å²) in [5.74, 6) is 0.878. The first-order valence-corrected chi connectivity index (χ1v) is 9.04. The molecule has 0 aliphatic heterocycles. The van der Waals surface area contributed by atoms with E-state index in [-0.39, 0.29) is 0 Å². The van der Waals surface area contributed by atoms with Crippen molar-refractivity contribution in [1.82, 2.24) is 0 Å². The molecular formula is C23H26N2O. The molecule has 0 fully saturated rings. The number of anilines is 2. The first-order chi connectivity index (χ1) is 12.7. The standard InChI is InChI=1S/C23H26N2O/c1-18-9-8-13-21(19(18)2)24-15-16-25-22-12-6-7-14-23(22)26-17-20-10-4-3-5-11-20/h3-14,24-25H,15-17H2,1-2H3. The molecule has 0 aliphatic rings. The maximum Gasteiger partial charge on any atom is 0.142 e. The van der Waals surface area contributed by atoms with E-state index < -0.39 is 0 Å². The summed E-state index contributed by atoms with van der Waals surface area (Å²) in [4.78, 5) is 0. The van der Waals surface area contributed by atoms with E-state index in [9.17, 15) is 0 Å². The zero-order chi connectivity index (χ0) is 18.2. The van der Waals surface area contributed by atoms with Crippen LogP contribution in [0.2, 0.25) is 0 Å². The molecular weight excluding hydrogens is 320 g/mol. The van der Waals surface area contributed by atoms with Crippen molar-refractivity contribution in [3.63, 3.8) is 0 Å². The molecule has 0 aliphatic carbocycles. The third kappa shape index (κ3) is 4.79. The summed E-state index contributed by atoms with van der Waals surface area (Å²) in [5.41, 5.74) is 5.99. The van der Waals surface area contributed by atoms with Crippen molar-refractivity contribution in [2.24, 2.45) is 0 Å². The topological polar surface area (TPSA) is 33.3 Å². The Bertz CT molecular complexity index is 831. The molecule has 0 saturated carbocycles. The number of nitrogens with one attached hydrogen (secondary N) is 2. The van der Waals surface area contributed by atoms with Gasteiger partial charge in [-0.25, -0.2) is 0 Å². The van der Waals surface area contributed by atoms with Crippen molar-refractivity contribution in [2.75, 3.05) is 23.7 Å². The average molecular weight is 346 g/mol. The molecule has 0 aromatic heterocycles. The minimum absolute atomic E-state index is 0.570. The van der Waals surface area contributed by atoms with Gasteiger partial charge in [0.05, 0.1) is 5.69 Å². The van der Waals surface area contributed by atoms with Gasteiger partial charge in [0.2, 0.25) is 0 Å². The summed E-state index contributed by atoms with van der Waals surface area (Å²) in [6.45, 7) is 6.52. The maximum absolute atomic E-state index is 5.99. The van der Waals surface area contributed by atoms with Crippen LogP contribution in [-0.2, 0) is 6.61 Å². The van der Waals surface area contributed by atoms with Gasteiger partial charge in [-0.3, -0.25) is 0 Å². The summed E-state index contributed by atoms with van der Waals surface area (Å²) in [6, 6.07) is 24.7. The highest BCUT2D eigenvalue weighted by molar-refractivity contribution is 5.57. The monoisotopic (exact) mass is 346 g/mol. The first kappa shape index (κ1) is 17.9. The van der Waals surface area contributed by atoms with Gasteiger partial charge in [-0.2, -0.15) is 0 Å². The molecule has 3 aromatic rings. The third-order valence-electron chi connectivity index (χ3n) is 4.48. The third-order valence-corrected chi connectivity index (χ3v) is 4.48. The molecule has 0 saturated heterocycles. The molecule has 0 unspecified atom stereocenters. The van der Waals surface area contributed by atoms with Crippen molar-refractivity contribution >= 4 is 11.4 Å². The van der Waals surface area contributed by atoms with Crippen LogP contribution in [0.5, 0.6) is 5.75 Å². The van der Waals surface area contributed by atoms with E-state index in [1.807, 2.05) is 36.4 Å². The minimum Gasteiger partial charge on any atom is -0.487 e. The van der Waals surface area contributed by atoms with Gasteiger partial charge in [-0.1, -0.05) is 54.6 Å². The zero-order valence-corrected chi connectivity index (χ0v) is 15.5. The molecule has 2 N–H and O–H groups in total. The fourth-order valence-electron chi connectivity index (χ4n) is 2.81. The number of ether oxygens (including phenoxy) is 1. The van der Waals surface area contributed by atoms with Crippen LogP contribution in [0.4, 0.5) is 11.4 Å². The van der Waals surface area contributed by atoms with Gasteiger partial charge < -0.3 is 15.4 Å². The lowest BCUT2D eigenvalue weighted by molar-refractivity contribution is 0.307. The molecule has 0 spiro atoms. The van der Waals surface area contributed by atoms with Crippen molar-refractivity contribution in [3.8, 4) is 5.75 Å². The number of rotatable bonds is 8. The summed E-state index contributed by atoms with van der Waals surface area (Å²) in [5, 5.41) is 6.96. The largest absolute Gasteiger partial charge is 0.487 e. The maximum atomic E-state index is 5.99. The molecule has 3 aromatic carbocycles. The molecule has 0 heterocycles. The smallest absolute Gasteiger partial charge is 0.142 e. The molecule has 3 nitrogen and oxygen atoms in total. The van der Waals surface area contributed by atoms with Crippen molar-refractivity contribution in [1.29, 1.82) is 0 Å². The molecule has 3 rings (SSSR count). The number of hydrogen-bond donors (Lipinski definition) is 2. The lowest BCUT2D eigenvalue weighted by atomic mass is 10.1. The van der Waals surface area contributed by atoms with Crippen LogP contribution >= 0.6 is 0 Å². The second-order valence-electron chi connectivity index (χ2n) is 6.37. The predicted octanol–water partition coefficient (Wildman–Crippen LogP) is 5.41. The van der Waals surface area contributed by atoms with Crippen molar-refractivity contribution in [3.05, 3.63) is 89.5 Å². The lowest BCUT2D eigenvalue weighted by Crippen LogP contribution is -2.15. The minimum atomic E-state index is 0.570. The van der Waals surface area contributed by atoms with Gasteiger partial charge >= 0.3 is 0 Å². The second kappa shape index (κ2) is 8.95. The number of hydrogen-bond acceptors (Lipinski definition) is 3. The molecule has 0 amide bonds. The second-order valence-corrected chi connectivity index (χ2v) is 6.37. The van der Waals surface area contributed by atoms with Crippen LogP contribution in [-0.4, -0.2) is 13.1 Å². The molecule has 134 valence electrons. The van der Waals surface area contributed by atoms with Gasteiger partial charge in [-0.05, 0) is 48.7 Å². The van der Waals surface area contributed by atoms with E-state index in [2.05, 4.69) is 60.9 Å². The van der Waals surface area contributed by atoms with Crippen LogP contribution in [0.25, 0.3) is 0 Å². The SMILES string of the molecule is Cc1cccc(NCCNc2ccccc2OCc2ccccc2)c1C. The van der Waals surface area contributed by atoms with E-state index in [1.54, 1.807) is 0 Å². The number of aryl methyl sites for hydroxylation is 1. The highest BCUT2D eigenvalue weighted by Gasteiger charge is 2.04. The summed E-state index contributed by atoms with van der Waals surface area (Å²) in [6.07, 6.45) is 0. The Balaban J connectivity index is 1.52. The highest BCUT2D eigenvalue weighted by atomic mass is 16.5. The van der Waals surface area contributed by atoms with Crippen molar-refractivity contribution in [2.45, 2.75) is 20.5 Å². The lowest BCUT2D eigenvalue weighted by Gasteiger charge is -2.15. The van der Waals surface area contributed by atoms with Gasteiger partial charge in [0.15, 0.2) is 0 Å². The van der Waals surface area contributed by atoms with E-state index >= 15 is 0 Å². The van der Waals surface area contributed by atoms with Crippen LogP contribution in [0, 0.1) is 13.8 Å². The van der Waals surface area contributed by atoms with Crippen LogP contribution in [0.15, 0.2) is 72.8 Å². The van der Waals surface area contributed by atoms with Gasteiger partial charge in [0, 0.05) is 18.8 Å². The zero-order valence-electron chi connectivity index (χ0n) is 15.5. The normalized spacial score (nSPS) is 10.4. The fraction of sp³-hybridized carbons (Fsp3) is 0.217. The van der Waals surface area contributed by atoms with E-state index in [1.165, 1.54) is 22.4 Å². The van der Waals surface area contributed by atoms with Gasteiger partial charge in [0.25, 0.3) is 0 Å². The first-order valence-electron chi connectivity index (χ1n) is 9.04. The highest BCUT2D eigenvalue weighted by Crippen LogP contribution is 2.24. The average Bonchev–Trinajstić information content (AvgIpc) is 2.68. The van der Waals surface area contributed by atoms with E-state index in [0.29, 0.717) is 6.61 Å². The van der Waals surface area contributed by atoms with Gasteiger partial charge in [0.1, 0.15) is 12.4 Å². The van der Waals surface area contributed by atoms with Crippen LogP contribution in [0.1, 0.15) is 16.7 Å². The predicted molar refractivity (Wildman–Crippen MR) is 110 cm³/mol. The summed E-state index contributed by atoms with van der Waals surface area (Å²) < 4.78 is 5.99. The van der Waals surface area contributed by atoms with Crippen LogP contribution < -0.4 is 15.4 Å². The van der Waals surface area contributed by atoms with E-state index in [4.69, 9.17) is 4.74 Å². The number of para-hydroxylation sites is 2.